The fourth-order valence-electron chi connectivity index (χ4n) is 4.01. The van der Waals surface area contributed by atoms with Gasteiger partial charge in [-0.2, -0.15) is 8.61 Å². The summed E-state index contributed by atoms with van der Waals surface area (Å²) in [5.41, 5.74) is 1.23. The SMILES string of the molecule is O=S(=O)(c1ccc(S(=O)(=O)N(CCc2ccccc2)Cc2ccccc2F)cc1)N1CCCC1. The summed E-state index contributed by atoms with van der Waals surface area (Å²) < 4.78 is 69.6. The maximum atomic E-state index is 14.3. The van der Waals surface area contributed by atoms with Gasteiger partial charge in [0.15, 0.2) is 0 Å². The van der Waals surface area contributed by atoms with Crippen LogP contribution in [0, 0.1) is 5.82 Å². The van der Waals surface area contributed by atoms with Gasteiger partial charge in [-0.3, -0.25) is 0 Å². The van der Waals surface area contributed by atoms with Crippen molar-refractivity contribution in [3.8, 4) is 0 Å². The lowest BCUT2D eigenvalue weighted by Crippen LogP contribution is -2.33. The normalized spacial score (nSPS) is 15.1. The van der Waals surface area contributed by atoms with E-state index in [-0.39, 0.29) is 28.4 Å². The van der Waals surface area contributed by atoms with Crippen LogP contribution in [0.3, 0.4) is 0 Å². The second-order valence-corrected chi connectivity index (χ2v) is 12.1. The molecule has 0 aromatic heterocycles. The summed E-state index contributed by atoms with van der Waals surface area (Å²) in [6, 6.07) is 20.8. The molecule has 0 spiro atoms. The minimum Gasteiger partial charge on any atom is -0.207 e. The Balaban J connectivity index is 1.61. The molecule has 180 valence electrons. The number of halogens is 1. The predicted octanol–water partition coefficient (Wildman–Crippen LogP) is 4.04. The standard InChI is InChI=1S/C25H27FN2O4S2/c26-25-11-5-4-10-22(25)20-28(19-16-21-8-2-1-3-9-21)34(31,32)24-14-12-23(13-15-24)33(29,30)27-17-6-7-18-27/h1-5,8-15H,6-7,16-20H2. The number of hydrogen-bond donors (Lipinski definition) is 0. The molecule has 0 aliphatic carbocycles. The van der Waals surface area contributed by atoms with E-state index in [0.29, 0.717) is 19.5 Å². The molecule has 34 heavy (non-hydrogen) atoms. The Kier molecular flexibility index (Phi) is 7.47. The molecule has 0 N–H and O–H groups in total. The first-order valence-electron chi connectivity index (χ1n) is 11.2. The van der Waals surface area contributed by atoms with Crippen molar-refractivity contribution in [3.05, 3.63) is 95.8 Å². The number of hydrogen-bond acceptors (Lipinski definition) is 4. The van der Waals surface area contributed by atoms with E-state index in [2.05, 4.69) is 0 Å². The van der Waals surface area contributed by atoms with Crippen molar-refractivity contribution >= 4 is 20.0 Å². The van der Waals surface area contributed by atoms with E-state index in [1.165, 1.54) is 38.9 Å². The van der Waals surface area contributed by atoms with Crippen molar-refractivity contribution in [1.82, 2.24) is 8.61 Å². The van der Waals surface area contributed by atoms with Gasteiger partial charge >= 0.3 is 0 Å². The van der Waals surface area contributed by atoms with Gasteiger partial charge in [-0.15, -0.1) is 0 Å². The van der Waals surface area contributed by atoms with Crippen LogP contribution < -0.4 is 0 Å². The topological polar surface area (TPSA) is 74.8 Å². The number of benzene rings is 3. The quantitative estimate of drug-likeness (QED) is 0.443. The van der Waals surface area contributed by atoms with Gasteiger partial charge in [0.25, 0.3) is 0 Å². The van der Waals surface area contributed by atoms with Crippen LogP contribution in [0.1, 0.15) is 24.0 Å². The summed E-state index contributed by atoms with van der Waals surface area (Å²) in [4.78, 5) is 0.0376. The van der Waals surface area contributed by atoms with Crippen LogP contribution in [0.15, 0.2) is 88.7 Å². The molecule has 4 rings (SSSR count). The average molecular weight is 503 g/mol. The molecule has 0 saturated carbocycles. The van der Waals surface area contributed by atoms with Crippen LogP contribution in [0.2, 0.25) is 0 Å². The lowest BCUT2D eigenvalue weighted by Gasteiger charge is -2.23. The molecule has 6 nitrogen and oxygen atoms in total. The number of sulfonamides is 2. The van der Waals surface area contributed by atoms with Crippen LogP contribution in [0.5, 0.6) is 0 Å². The van der Waals surface area contributed by atoms with Crippen LogP contribution in [0.4, 0.5) is 4.39 Å². The van der Waals surface area contributed by atoms with Crippen LogP contribution in [-0.4, -0.2) is 45.1 Å². The maximum absolute atomic E-state index is 14.3. The summed E-state index contributed by atoms with van der Waals surface area (Å²) in [6.07, 6.45) is 2.09. The first-order valence-corrected chi connectivity index (χ1v) is 14.0. The Labute approximate surface area is 200 Å². The van der Waals surface area contributed by atoms with Gasteiger partial charge in [0.2, 0.25) is 20.0 Å². The summed E-state index contributed by atoms with van der Waals surface area (Å²) in [5.74, 6) is -0.477. The molecule has 0 unspecified atom stereocenters. The first kappa shape index (κ1) is 24.5. The van der Waals surface area contributed by atoms with Gasteiger partial charge in [-0.05, 0) is 55.2 Å². The molecule has 0 bridgehead atoms. The minimum atomic E-state index is -4.01. The molecule has 1 aliphatic rings. The van der Waals surface area contributed by atoms with Crippen molar-refractivity contribution in [2.45, 2.75) is 35.6 Å². The van der Waals surface area contributed by atoms with Crippen molar-refractivity contribution in [1.29, 1.82) is 0 Å². The molecule has 3 aromatic carbocycles. The van der Waals surface area contributed by atoms with E-state index in [0.717, 1.165) is 18.4 Å². The van der Waals surface area contributed by atoms with Gasteiger partial charge in [0.1, 0.15) is 5.82 Å². The molecule has 0 amide bonds. The van der Waals surface area contributed by atoms with Crippen molar-refractivity contribution < 1.29 is 21.2 Å². The highest BCUT2D eigenvalue weighted by Gasteiger charge is 2.29. The Hall–Kier alpha value is -2.59. The van der Waals surface area contributed by atoms with Crippen molar-refractivity contribution in [2.24, 2.45) is 0 Å². The Bertz CT molecular complexity index is 1320. The van der Waals surface area contributed by atoms with Gasteiger partial charge in [0, 0.05) is 31.7 Å². The molecule has 1 fully saturated rings. The van der Waals surface area contributed by atoms with Crippen LogP contribution >= 0.6 is 0 Å². The van der Waals surface area contributed by atoms with E-state index in [1.807, 2.05) is 30.3 Å². The summed E-state index contributed by atoms with van der Waals surface area (Å²) in [6.45, 7) is 0.959. The van der Waals surface area contributed by atoms with E-state index in [4.69, 9.17) is 0 Å². The molecule has 1 saturated heterocycles. The molecule has 3 aromatic rings. The molecule has 1 aliphatic heterocycles. The zero-order valence-corrected chi connectivity index (χ0v) is 20.3. The molecule has 1 heterocycles. The average Bonchev–Trinajstić information content (AvgIpc) is 3.39. The minimum absolute atomic E-state index is 0.0303. The third-order valence-electron chi connectivity index (χ3n) is 5.96. The zero-order chi connectivity index (χ0) is 24.2. The largest absolute Gasteiger partial charge is 0.243 e. The van der Waals surface area contributed by atoms with E-state index < -0.39 is 25.9 Å². The maximum Gasteiger partial charge on any atom is 0.243 e. The third-order valence-corrected chi connectivity index (χ3v) is 9.73. The number of nitrogens with zero attached hydrogens (tertiary/aromatic N) is 2. The second-order valence-electron chi connectivity index (χ2n) is 8.25. The van der Waals surface area contributed by atoms with Gasteiger partial charge in [0.05, 0.1) is 9.79 Å². The summed E-state index contributed by atoms with van der Waals surface area (Å²) in [5, 5.41) is 0. The highest BCUT2D eigenvalue weighted by Crippen LogP contribution is 2.25. The second kappa shape index (κ2) is 10.4. The monoisotopic (exact) mass is 502 g/mol. The third kappa shape index (κ3) is 5.38. The van der Waals surface area contributed by atoms with Crippen molar-refractivity contribution in [3.63, 3.8) is 0 Å². The van der Waals surface area contributed by atoms with Gasteiger partial charge < -0.3 is 0 Å². The molecule has 0 radical (unpaired) electrons. The Morgan fingerprint density at radius 3 is 2.00 bits per heavy atom. The molecular weight excluding hydrogens is 475 g/mol. The predicted molar refractivity (Wildman–Crippen MR) is 129 cm³/mol. The zero-order valence-electron chi connectivity index (χ0n) is 18.7. The Morgan fingerprint density at radius 1 is 0.765 bits per heavy atom. The van der Waals surface area contributed by atoms with Crippen LogP contribution in [-0.2, 0) is 33.0 Å². The van der Waals surface area contributed by atoms with Gasteiger partial charge in [-0.1, -0.05) is 48.5 Å². The van der Waals surface area contributed by atoms with Crippen LogP contribution in [0.25, 0.3) is 0 Å². The van der Waals surface area contributed by atoms with E-state index in [1.54, 1.807) is 18.2 Å². The lowest BCUT2D eigenvalue weighted by atomic mass is 10.1. The lowest BCUT2D eigenvalue weighted by molar-refractivity contribution is 0.402. The fraction of sp³-hybridized carbons (Fsp3) is 0.280. The van der Waals surface area contributed by atoms with Crippen molar-refractivity contribution in [2.75, 3.05) is 19.6 Å². The molecular formula is C25H27FN2O4S2. The molecule has 0 atom stereocenters. The number of rotatable bonds is 9. The highest BCUT2D eigenvalue weighted by atomic mass is 32.2. The summed E-state index contributed by atoms with van der Waals surface area (Å²) >= 11 is 0. The smallest absolute Gasteiger partial charge is 0.207 e. The molecule has 9 heteroatoms. The fourth-order valence-corrected chi connectivity index (χ4v) is 6.95. The first-order chi connectivity index (χ1) is 16.3. The Morgan fingerprint density at radius 2 is 1.35 bits per heavy atom. The van der Waals surface area contributed by atoms with E-state index in [9.17, 15) is 21.2 Å². The van der Waals surface area contributed by atoms with E-state index >= 15 is 0 Å². The summed E-state index contributed by atoms with van der Waals surface area (Å²) in [7, 11) is -7.66. The van der Waals surface area contributed by atoms with Gasteiger partial charge in [-0.25, -0.2) is 21.2 Å². The highest BCUT2D eigenvalue weighted by molar-refractivity contribution is 7.89.